The van der Waals surface area contributed by atoms with Crippen LogP contribution in [0, 0.1) is 17.8 Å². The summed E-state index contributed by atoms with van der Waals surface area (Å²) in [6, 6.07) is 0. The van der Waals surface area contributed by atoms with E-state index < -0.39 is 53.2 Å². The maximum Gasteiger partial charge on any atom is 0.309 e. The number of methoxy groups -OCH3 is 1. The molecule has 1 saturated carbocycles. The summed E-state index contributed by atoms with van der Waals surface area (Å²) in [5.74, 6) is -2.44. The van der Waals surface area contributed by atoms with Gasteiger partial charge in [0.15, 0.2) is 0 Å². The maximum absolute atomic E-state index is 12.2. The van der Waals surface area contributed by atoms with Gasteiger partial charge in [0.05, 0.1) is 17.4 Å². The predicted octanol–water partition coefficient (Wildman–Crippen LogP) is 0.573. The Morgan fingerprint density at radius 3 is 2.56 bits per heavy atom. The highest BCUT2D eigenvalue weighted by Gasteiger charge is 2.64. The fourth-order valence-electron chi connectivity index (χ4n) is 4.82. The van der Waals surface area contributed by atoms with Gasteiger partial charge >= 0.3 is 11.9 Å². The quantitative estimate of drug-likeness (QED) is 0.552. The van der Waals surface area contributed by atoms with Crippen molar-refractivity contribution in [2.45, 2.75) is 63.6 Å². The number of ether oxygens (including phenoxy) is 3. The van der Waals surface area contributed by atoms with Crippen molar-refractivity contribution in [3.63, 3.8) is 0 Å². The number of rotatable bonds is 2. The van der Waals surface area contributed by atoms with Crippen molar-refractivity contribution in [3.05, 3.63) is 11.6 Å². The molecule has 0 aromatic rings. The third-order valence-electron chi connectivity index (χ3n) is 6.00. The summed E-state index contributed by atoms with van der Waals surface area (Å²) in [5.41, 5.74) is -2.11. The second kappa shape index (κ2) is 5.79. The minimum absolute atomic E-state index is 0.129. The van der Waals surface area contributed by atoms with Crippen LogP contribution in [0.3, 0.4) is 0 Å². The molecule has 0 bridgehead atoms. The van der Waals surface area contributed by atoms with Crippen molar-refractivity contribution in [1.82, 2.24) is 0 Å². The Kier molecular flexibility index (Phi) is 4.25. The molecule has 3 rings (SSSR count). The van der Waals surface area contributed by atoms with E-state index in [9.17, 15) is 19.8 Å². The van der Waals surface area contributed by atoms with Gasteiger partial charge in [0.2, 0.25) is 0 Å². The van der Waals surface area contributed by atoms with Gasteiger partial charge in [-0.2, -0.15) is 0 Å². The molecule has 8 atom stereocenters. The van der Waals surface area contributed by atoms with Crippen LogP contribution in [0.25, 0.3) is 0 Å². The molecule has 2 N–H and O–H groups in total. The van der Waals surface area contributed by atoms with E-state index >= 15 is 0 Å². The molecule has 0 aromatic heterocycles. The highest BCUT2D eigenvalue weighted by atomic mass is 16.6. The third-order valence-corrected chi connectivity index (χ3v) is 6.00. The largest absolute Gasteiger partial charge is 0.462 e. The van der Waals surface area contributed by atoms with Crippen LogP contribution in [-0.4, -0.2) is 58.8 Å². The average molecular weight is 354 g/mol. The molecule has 0 unspecified atom stereocenters. The van der Waals surface area contributed by atoms with Gasteiger partial charge in [0.25, 0.3) is 0 Å². The van der Waals surface area contributed by atoms with E-state index in [0.29, 0.717) is 5.57 Å². The van der Waals surface area contributed by atoms with E-state index in [2.05, 4.69) is 0 Å². The highest BCUT2D eigenvalue weighted by molar-refractivity contribution is 5.75. The van der Waals surface area contributed by atoms with Gasteiger partial charge in [0.1, 0.15) is 23.9 Å². The van der Waals surface area contributed by atoms with E-state index in [-0.39, 0.29) is 12.4 Å². The minimum atomic E-state index is -1.35. The van der Waals surface area contributed by atoms with E-state index in [1.165, 1.54) is 14.0 Å². The molecule has 0 aromatic carbocycles. The van der Waals surface area contributed by atoms with Gasteiger partial charge in [-0.15, -0.1) is 0 Å². The Hall–Kier alpha value is -1.44. The smallest absolute Gasteiger partial charge is 0.309 e. The fourth-order valence-corrected chi connectivity index (χ4v) is 4.82. The zero-order valence-electron chi connectivity index (χ0n) is 15.2. The highest BCUT2D eigenvalue weighted by Crippen LogP contribution is 2.54. The Labute approximate surface area is 146 Å². The Bertz CT molecular complexity index is 621. The predicted molar refractivity (Wildman–Crippen MR) is 86.3 cm³/mol. The first-order valence-electron chi connectivity index (χ1n) is 8.58. The molecule has 0 spiro atoms. The molecule has 7 heteroatoms. The first-order valence-corrected chi connectivity index (χ1v) is 8.58. The van der Waals surface area contributed by atoms with Gasteiger partial charge in [0, 0.05) is 26.4 Å². The molecule has 2 fully saturated rings. The van der Waals surface area contributed by atoms with Gasteiger partial charge < -0.3 is 24.4 Å². The monoisotopic (exact) mass is 354 g/mol. The van der Waals surface area contributed by atoms with Crippen molar-refractivity contribution in [2.75, 3.05) is 7.11 Å². The van der Waals surface area contributed by atoms with Crippen molar-refractivity contribution in [1.29, 1.82) is 0 Å². The summed E-state index contributed by atoms with van der Waals surface area (Å²) in [4.78, 5) is 23.8. The first-order chi connectivity index (χ1) is 11.5. The molecular formula is C18H26O7. The van der Waals surface area contributed by atoms with Crippen molar-refractivity contribution >= 4 is 11.9 Å². The number of fused-ring (bicyclic) bond motifs is 3. The zero-order valence-corrected chi connectivity index (χ0v) is 15.2. The van der Waals surface area contributed by atoms with E-state index in [1.54, 1.807) is 26.8 Å². The number of hydrogen-bond acceptors (Lipinski definition) is 7. The van der Waals surface area contributed by atoms with Crippen LogP contribution in [0.15, 0.2) is 11.6 Å². The van der Waals surface area contributed by atoms with Gasteiger partial charge in [-0.25, -0.2) is 0 Å². The normalized spacial score (nSPS) is 48.9. The molecular weight excluding hydrogens is 328 g/mol. The second-order valence-electron chi connectivity index (χ2n) is 7.88. The lowest BCUT2D eigenvalue weighted by Gasteiger charge is -2.37. The molecule has 3 aliphatic rings. The number of carbonyl (C=O) groups is 2. The van der Waals surface area contributed by atoms with Gasteiger partial charge in [-0.1, -0.05) is 13.0 Å². The molecule has 25 heavy (non-hydrogen) atoms. The Morgan fingerprint density at radius 1 is 1.36 bits per heavy atom. The standard InChI is InChI=1S/C18H26O7/c1-8-13-11(24-9(2)19)7-17(3,21)10-6-12(23-5)18(4,22)14(10)15(13)25-16(8)20/h6,8,11-15,21-22H,7H2,1-5H3/t8-,11-,12+,13+,14-,15-,17-,18+/m0/s1. The average Bonchev–Trinajstić information content (AvgIpc) is 2.88. The number of carbonyl (C=O) groups excluding carboxylic acids is 2. The molecule has 2 aliphatic carbocycles. The third kappa shape index (κ3) is 2.69. The number of aliphatic hydroxyl groups is 2. The molecule has 1 aliphatic heterocycles. The summed E-state index contributed by atoms with van der Waals surface area (Å²) in [6.07, 6.45) is -0.165. The number of hydrogen-bond donors (Lipinski definition) is 2. The summed E-state index contributed by atoms with van der Waals surface area (Å²) in [5, 5.41) is 22.2. The summed E-state index contributed by atoms with van der Waals surface area (Å²) < 4.78 is 16.4. The summed E-state index contributed by atoms with van der Waals surface area (Å²) in [7, 11) is 1.48. The Balaban J connectivity index is 2.12. The summed E-state index contributed by atoms with van der Waals surface area (Å²) in [6.45, 7) is 6.27. The molecule has 1 saturated heterocycles. The van der Waals surface area contributed by atoms with E-state index in [0.717, 1.165) is 0 Å². The zero-order chi connectivity index (χ0) is 18.7. The van der Waals surface area contributed by atoms with Crippen LogP contribution in [0.5, 0.6) is 0 Å². The number of esters is 2. The van der Waals surface area contributed by atoms with Crippen LogP contribution in [0.4, 0.5) is 0 Å². The van der Waals surface area contributed by atoms with Crippen molar-refractivity contribution < 1.29 is 34.0 Å². The van der Waals surface area contributed by atoms with E-state index in [4.69, 9.17) is 14.2 Å². The fraction of sp³-hybridized carbons (Fsp3) is 0.778. The molecule has 140 valence electrons. The lowest BCUT2D eigenvalue weighted by atomic mass is 9.75. The molecule has 1 heterocycles. The van der Waals surface area contributed by atoms with Crippen LogP contribution in [-0.2, 0) is 23.8 Å². The van der Waals surface area contributed by atoms with Crippen molar-refractivity contribution in [2.24, 2.45) is 17.8 Å². The second-order valence-corrected chi connectivity index (χ2v) is 7.88. The maximum atomic E-state index is 12.2. The van der Waals surface area contributed by atoms with Gasteiger partial charge in [-0.3, -0.25) is 9.59 Å². The van der Waals surface area contributed by atoms with Crippen LogP contribution >= 0.6 is 0 Å². The van der Waals surface area contributed by atoms with Crippen LogP contribution in [0.1, 0.15) is 34.1 Å². The molecule has 0 radical (unpaired) electrons. The Morgan fingerprint density at radius 2 is 2.00 bits per heavy atom. The lowest BCUT2D eigenvalue weighted by Crippen LogP contribution is -2.50. The minimum Gasteiger partial charge on any atom is -0.462 e. The van der Waals surface area contributed by atoms with Gasteiger partial charge in [-0.05, 0) is 19.4 Å². The topological polar surface area (TPSA) is 102 Å². The SMILES string of the molecule is CO[C@@H]1C=C2[C@@H]([C@H]3OC(=O)[C@@H](C)[C@@H]3[C@@H](OC(C)=O)C[C@]2(C)O)[C@]1(C)O. The van der Waals surface area contributed by atoms with Crippen molar-refractivity contribution in [3.8, 4) is 0 Å². The van der Waals surface area contributed by atoms with E-state index in [1.807, 2.05) is 0 Å². The molecule has 7 nitrogen and oxygen atoms in total. The van der Waals surface area contributed by atoms with Crippen LogP contribution in [0.2, 0.25) is 0 Å². The molecule has 0 amide bonds. The first kappa shape index (κ1) is 18.4. The van der Waals surface area contributed by atoms with Crippen LogP contribution < -0.4 is 0 Å². The lowest BCUT2D eigenvalue weighted by molar-refractivity contribution is -0.155. The summed E-state index contributed by atoms with van der Waals surface area (Å²) >= 11 is 0.